The van der Waals surface area contributed by atoms with Gasteiger partial charge in [0.15, 0.2) is 0 Å². The Morgan fingerprint density at radius 1 is 1.38 bits per heavy atom. The second kappa shape index (κ2) is 7.82. The largest absolute Gasteiger partial charge is 0.313 e. The van der Waals surface area contributed by atoms with E-state index in [9.17, 15) is 0 Å². The van der Waals surface area contributed by atoms with Crippen molar-refractivity contribution in [3.8, 4) is 0 Å². The number of hydrogen-bond donors (Lipinski definition) is 1. The second-order valence-electron chi connectivity index (χ2n) is 4.17. The number of thiophene rings is 1. The highest BCUT2D eigenvalue weighted by Gasteiger charge is 2.05. The molecule has 16 heavy (non-hydrogen) atoms. The van der Waals surface area contributed by atoms with Crippen molar-refractivity contribution in [2.24, 2.45) is 0 Å². The molecule has 2 nitrogen and oxygen atoms in total. The summed E-state index contributed by atoms with van der Waals surface area (Å²) >= 11 is 1.85. The Morgan fingerprint density at radius 2 is 2.12 bits per heavy atom. The van der Waals surface area contributed by atoms with Crippen molar-refractivity contribution in [3.63, 3.8) is 0 Å². The Labute approximate surface area is 104 Å². The van der Waals surface area contributed by atoms with Crippen LogP contribution in [-0.4, -0.2) is 37.1 Å². The topological polar surface area (TPSA) is 15.3 Å². The lowest BCUT2D eigenvalue weighted by molar-refractivity contribution is 0.272. The fraction of sp³-hybridized carbons (Fsp3) is 0.692. The molecule has 1 aromatic heterocycles. The fourth-order valence-corrected chi connectivity index (χ4v) is 2.54. The van der Waals surface area contributed by atoms with Crippen molar-refractivity contribution >= 4 is 11.3 Å². The van der Waals surface area contributed by atoms with Crippen LogP contribution in [0.4, 0.5) is 0 Å². The summed E-state index contributed by atoms with van der Waals surface area (Å²) in [7, 11) is 0. The smallest absolute Gasteiger partial charge is 0.0166 e. The maximum atomic E-state index is 3.58. The minimum Gasteiger partial charge on any atom is -0.313 e. The molecule has 3 heteroatoms. The summed E-state index contributed by atoms with van der Waals surface area (Å²) in [6, 6.07) is 4.92. The van der Waals surface area contributed by atoms with Gasteiger partial charge in [0.05, 0.1) is 0 Å². The van der Waals surface area contributed by atoms with E-state index in [0.29, 0.717) is 6.04 Å². The average molecular weight is 240 g/mol. The maximum Gasteiger partial charge on any atom is 0.0166 e. The summed E-state index contributed by atoms with van der Waals surface area (Å²) in [5.74, 6) is 0. The van der Waals surface area contributed by atoms with Gasteiger partial charge in [-0.15, -0.1) is 11.3 Å². The van der Waals surface area contributed by atoms with Crippen LogP contribution in [0.5, 0.6) is 0 Å². The van der Waals surface area contributed by atoms with Gasteiger partial charge in [-0.1, -0.05) is 19.9 Å². The summed E-state index contributed by atoms with van der Waals surface area (Å²) in [6.07, 6.45) is 1.15. The van der Waals surface area contributed by atoms with Gasteiger partial charge in [0.25, 0.3) is 0 Å². The molecule has 0 aromatic carbocycles. The number of rotatable bonds is 8. The van der Waals surface area contributed by atoms with Crippen LogP contribution < -0.4 is 5.32 Å². The van der Waals surface area contributed by atoms with E-state index < -0.39 is 0 Å². The van der Waals surface area contributed by atoms with Gasteiger partial charge >= 0.3 is 0 Å². The summed E-state index contributed by atoms with van der Waals surface area (Å²) < 4.78 is 0. The molecule has 0 saturated carbocycles. The van der Waals surface area contributed by atoms with Gasteiger partial charge in [0.1, 0.15) is 0 Å². The molecular formula is C13H24N2S. The fourth-order valence-electron chi connectivity index (χ4n) is 1.83. The molecule has 0 bridgehead atoms. The van der Waals surface area contributed by atoms with Crippen LogP contribution in [0.3, 0.4) is 0 Å². The number of hydrogen-bond acceptors (Lipinski definition) is 3. The zero-order valence-electron chi connectivity index (χ0n) is 10.7. The van der Waals surface area contributed by atoms with Gasteiger partial charge < -0.3 is 10.2 Å². The van der Waals surface area contributed by atoms with Crippen molar-refractivity contribution in [2.45, 2.75) is 33.2 Å². The van der Waals surface area contributed by atoms with Crippen molar-refractivity contribution in [2.75, 3.05) is 26.2 Å². The molecule has 0 aliphatic rings. The van der Waals surface area contributed by atoms with E-state index in [0.717, 1.165) is 32.6 Å². The Hall–Kier alpha value is -0.380. The molecule has 1 heterocycles. The summed E-state index contributed by atoms with van der Waals surface area (Å²) in [5.41, 5.74) is 0. The number of nitrogens with one attached hydrogen (secondary N) is 1. The standard InChI is InChI=1S/C13H24N2S/c1-4-15(5-2)11-12(3)14-9-8-13-7-6-10-16-13/h6-7,10,12,14H,4-5,8-9,11H2,1-3H3. The van der Waals surface area contributed by atoms with E-state index in [1.165, 1.54) is 4.88 Å². The molecule has 1 N–H and O–H groups in total. The highest BCUT2D eigenvalue weighted by atomic mass is 32.1. The van der Waals surface area contributed by atoms with Gasteiger partial charge in [-0.25, -0.2) is 0 Å². The van der Waals surface area contributed by atoms with Crippen LogP contribution in [-0.2, 0) is 6.42 Å². The van der Waals surface area contributed by atoms with Crippen LogP contribution in [0.1, 0.15) is 25.6 Å². The predicted octanol–water partition coefficient (Wildman–Crippen LogP) is 2.61. The minimum atomic E-state index is 0.583. The molecule has 0 aliphatic carbocycles. The van der Waals surface area contributed by atoms with Crippen LogP contribution in [0, 0.1) is 0 Å². The van der Waals surface area contributed by atoms with Gasteiger partial charge in [-0.3, -0.25) is 0 Å². The van der Waals surface area contributed by atoms with Crippen LogP contribution in [0.25, 0.3) is 0 Å². The minimum absolute atomic E-state index is 0.583. The molecule has 1 aromatic rings. The highest BCUT2D eigenvalue weighted by Crippen LogP contribution is 2.08. The third-order valence-electron chi connectivity index (χ3n) is 2.87. The SMILES string of the molecule is CCN(CC)CC(C)NCCc1cccs1. The molecule has 0 spiro atoms. The lowest BCUT2D eigenvalue weighted by Gasteiger charge is -2.23. The number of nitrogens with zero attached hydrogens (tertiary/aromatic N) is 1. The van der Waals surface area contributed by atoms with Gasteiger partial charge in [-0.05, 0) is 37.9 Å². The van der Waals surface area contributed by atoms with Crippen molar-refractivity contribution in [3.05, 3.63) is 22.4 Å². The first-order valence-electron chi connectivity index (χ1n) is 6.24. The van der Waals surface area contributed by atoms with Crippen molar-refractivity contribution < 1.29 is 0 Å². The third-order valence-corrected chi connectivity index (χ3v) is 3.81. The Bertz CT molecular complexity index is 255. The lowest BCUT2D eigenvalue weighted by atomic mass is 10.2. The van der Waals surface area contributed by atoms with Crippen LogP contribution >= 0.6 is 11.3 Å². The molecule has 1 unspecified atom stereocenters. The highest BCUT2D eigenvalue weighted by molar-refractivity contribution is 7.09. The number of likely N-dealkylation sites (N-methyl/N-ethyl adjacent to an activating group) is 1. The van der Waals surface area contributed by atoms with Crippen LogP contribution in [0.15, 0.2) is 17.5 Å². The lowest BCUT2D eigenvalue weighted by Crippen LogP contribution is -2.39. The van der Waals surface area contributed by atoms with Gasteiger partial charge in [0, 0.05) is 24.0 Å². The van der Waals surface area contributed by atoms with Crippen molar-refractivity contribution in [1.29, 1.82) is 0 Å². The Morgan fingerprint density at radius 3 is 2.69 bits per heavy atom. The molecule has 1 atom stereocenters. The first-order valence-corrected chi connectivity index (χ1v) is 7.12. The summed E-state index contributed by atoms with van der Waals surface area (Å²) in [6.45, 7) is 11.2. The monoisotopic (exact) mass is 240 g/mol. The van der Waals surface area contributed by atoms with E-state index in [2.05, 4.69) is 48.5 Å². The summed E-state index contributed by atoms with van der Waals surface area (Å²) in [5, 5.41) is 5.73. The molecular weight excluding hydrogens is 216 g/mol. The quantitative estimate of drug-likeness (QED) is 0.751. The first kappa shape index (κ1) is 13.7. The Balaban J connectivity index is 2.12. The third kappa shape index (κ3) is 5.10. The van der Waals surface area contributed by atoms with Crippen molar-refractivity contribution in [1.82, 2.24) is 10.2 Å². The van der Waals surface area contributed by atoms with E-state index in [1.54, 1.807) is 0 Å². The molecule has 0 saturated heterocycles. The van der Waals surface area contributed by atoms with E-state index in [1.807, 2.05) is 11.3 Å². The second-order valence-corrected chi connectivity index (χ2v) is 5.20. The Kier molecular flexibility index (Phi) is 6.69. The van der Waals surface area contributed by atoms with E-state index in [-0.39, 0.29) is 0 Å². The first-order chi connectivity index (χ1) is 7.76. The molecule has 0 fully saturated rings. The molecule has 0 amide bonds. The average Bonchev–Trinajstić information content (AvgIpc) is 2.79. The zero-order chi connectivity index (χ0) is 11.8. The van der Waals surface area contributed by atoms with Gasteiger partial charge in [-0.2, -0.15) is 0 Å². The molecule has 0 radical (unpaired) electrons. The molecule has 0 aliphatic heterocycles. The maximum absolute atomic E-state index is 3.58. The van der Waals surface area contributed by atoms with E-state index in [4.69, 9.17) is 0 Å². The predicted molar refractivity (Wildman–Crippen MR) is 73.3 cm³/mol. The van der Waals surface area contributed by atoms with Gasteiger partial charge in [0.2, 0.25) is 0 Å². The van der Waals surface area contributed by atoms with Crippen LogP contribution in [0.2, 0.25) is 0 Å². The molecule has 92 valence electrons. The normalized spacial score (nSPS) is 13.2. The zero-order valence-corrected chi connectivity index (χ0v) is 11.5. The van der Waals surface area contributed by atoms with E-state index >= 15 is 0 Å². The molecule has 1 rings (SSSR count). The summed E-state index contributed by atoms with van der Waals surface area (Å²) in [4.78, 5) is 3.94.